The first-order valence-electron chi connectivity index (χ1n) is 8.66. The number of thiocarbonyl (C=S) groups is 1. The van der Waals surface area contributed by atoms with Crippen molar-refractivity contribution in [2.75, 3.05) is 27.9 Å². The van der Waals surface area contributed by atoms with Crippen molar-refractivity contribution >= 4 is 40.3 Å². The Morgan fingerprint density at radius 3 is 2.29 bits per heavy atom. The number of benzene rings is 2. The molecule has 1 aliphatic heterocycles. The lowest BCUT2D eigenvalue weighted by Gasteiger charge is -2.14. The number of hydrogen-bond donors (Lipinski definition) is 0. The number of amides is 1. The molecule has 1 fully saturated rings. The third kappa shape index (κ3) is 4.31. The van der Waals surface area contributed by atoms with Gasteiger partial charge >= 0.3 is 0 Å². The highest BCUT2D eigenvalue weighted by molar-refractivity contribution is 8.26. The average Bonchev–Trinajstić information content (AvgIpc) is 2.99. The molecule has 1 amide bonds. The first-order chi connectivity index (χ1) is 13.6. The van der Waals surface area contributed by atoms with Gasteiger partial charge in [-0.05, 0) is 24.1 Å². The zero-order valence-corrected chi connectivity index (χ0v) is 17.6. The number of ether oxygens (including phenoxy) is 3. The van der Waals surface area contributed by atoms with Gasteiger partial charge in [0.1, 0.15) is 10.1 Å². The van der Waals surface area contributed by atoms with E-state index < -0.39 is 0 Å². The van der Waals surface area contributed by atoms with E-state index in [9.17, 15) is 4.79 Å². The molecule has 0 aromatic heterocycles. The van der Waals surface area contributed by atoms with Crippen LogP contribution in [0.2, 0.25) is 0 Å². The van der Waals surface area contributed by atoms with E-state index in [1.807, 2.05) is 30.3 Å². The SMILES string of the molecule is COc1cc(OC)c(OC)cc1/C=C1\SC(=S)N(CCc2ccccc2)C1=O. The Balaban J connectivity index is 1.83. The lowest BCUT2D eigenvalue weighted by Crippen LogP contribution is -2.30. The quantitative estimate of drug-likeness (QED) is 0.500. The molecular formula is C21H21NO4S2. The molecule has 1 saturated heterocycles. The maximum absolute atomic E-state index is 12.9. The maximum Gasteiger partial charge on any atom is 0.266 e. The Kier molecular flexibility index (Phi) is 6.59. The molecule has 0 aliphatic carbocycles. The first-order valence-corrected chi connectivity index (χ1v) is 9.89. The molecule has 5 nitrogen and oxygen atoms in total. The minimum atomic E-state index is -0.0947. The number of carbonyl (C=O) groups excluding carboxylic acids is 1. The Labute approximate surface area is 174 Å². The molecule has 1 aliphatic rings. The summed E-state index contributed by atoms with van der Waals surface area (Å²) in [4.78, 5) is 15.1. The summed E-state index contributed by atoms with van der Waals surface area (Å²) >= 11 is 6.72. The molecule has 1 heterocycles. The molecule has 0 saturated carbocycles. The van der Waals surface area contributed by atoms with Gasteiger partial charge in [-0.15, -0.1) is 0 Å². The molecule has 2 aromatic carbocycles. The van der Waals surface area contributed by atoms with Crippen LogP contribution in [0.5, 0.6) is 17.2 Å². The number of hydrogen-bond acceptors (Lipinski definition) is 6. The van der Waals surface area contributed by atoms with Crippen LogP contribution >= 0.6 is 24.0 Å². The van der Waals surface area contributed by atoms with Gasteiger partial charge in [-0.2, -0.15) is 0 Å². The third-order valence-electron chi connectivity index (χ3n) is 4.36. The van der Waals surface area contributed by atoms with Crippen molar-refractivity contribution in [2.45, 2.75) is 6.42 Å². The van der Waals surface area contributed by atoms with Gasteiger partial charge in [0.15, 0.2) is 11.5 Å². The second kappa shape index (κ2) is 9.12. The molecule has 28 heavy (non-hydrogen) atoms. The van der Waals surface area contributed by atoms with E-state index in [2.05, 4.69) is 0 Å². The Hall–Kier alpha value is -2.51. The summed E-state index contributed by atoms with van der Waals surface area (Å²) in [5.41, 5.74) is 1.89. The molecule has 0 unspecified atom stereocenters. The van der Waals surface area contributed by atoms with Gasteiger partial charge in [-0.3, -0.25) is 9.69 Å². The summed E-state index contributed by atoms with van der Waals surface area (Å²) in [5, 5.41) is 0. The number of thioether (sulfide) groups is 1. The first kappa shape index (κ1) is 20.2. The standard InChI is InChI=1S/C21H21NO4S2/c1-24-16-13-18(26-3)17(25-2)11-15(16)12-19-20(23)22(21(27)28-19)10-9-14-7-5-4-6-8-14/h4-8,11-13H,9-10H2,1-3H3/b19-12-. The van der Waals surface area contributed by atoms with Crippen LogP contribution < -0.4 is 14.2 Å². The van der Waals surface area contributed by atoms with Gasteiger partial charge in [0.2, 0.25) is 0 Å². The maximum atomic E-state index is 12.9. The monoisotopic (exact) mass is 415 g/mol. The fourth-order valence-electron chi connectivity index (χ4n) is 2.89. The Morgan fingerprint density at radius 2 is 1.64 bits per heavy atom. The zero-order valence-electron chi connectivity index (χ0n) is 15.9. The predicted molar refractivity (Wildman–Crippen MR) is 116 cm³/mol. The van der Waals surface area contributed by atoms with Crippen LogP contribution in [0, 0.1) is 0 Å². The van der Waals surface area contributed by atoms with Gasteiger partial charge in [-0.1, -0.05) is 54.3 Å². The molecule has 0 N–H and O–H groups in total. The normalized spacial score (nSPS) is 15.2. The highest BCUT2D eigenvalue weighted by Crippen LogP contribution is 2.39. The van der Waals surface area contributed by atoms with Crippen molar-refractivity contribution in [3.8, 4) is 17.2 Å². The smallest absolute Gasteiger partial charge is 0.266 e. The van der Waals surface area contributed by atoms with E-state index in [1.165, 1.54) is 17.3 Å². The molecular weight excluding hydrogens is 394 g/mol. The van der Waals surface area contributed by atoms with Crippen molar-refractivity contribution < 1.29 is 19.0 Å². The van der Waals surface area contributed by atoms with E-state index in [1.54, 1.807) is 44.4 Å². The summed E-state index contributed by atoms with van der Waals surface area (Å²) in [5.74, 6) is 1.62. The largest absolute Gasteiger partial charge is 0.496 e. The summed E-state index contributed by atoms with van der Waals surface area (Å²) < 4.78 is 16.7. The van der Waals surface area contributed by atoms with E-state index in [0.717, 1.165) is 12.0 Å². The summed E-state index contributed by atoms with van der Waals surface area (Å²) in [6.45, 7) is 0.551. The molecule has 146 valence electrons. The van der Waals surface area contributed by atoms with Gasteiger partial charge < -0.3 is 14.2 Å². The number of nitrogens with zero attached hydrogens (tertiary/aromatic N) is 1. The second-order valence-corrected chi connectivity index (χ2v) is 7.69. The van der Waals surface area contributed by atoms with Crippen LogP contribution in [0.1, 0.15) is 11.1 Å². The Morgan fingerprint density at radius 1 is 1.00 bits per heavy atom. The second-order valence-electron chi connectivity index (χ2n) is 6.02. The molecule has 0 bridgehead atoms. The molecule has 0 spiro atoms. The molecule has 7 heteroatoms. The Bertz CT molecular complexity index is 912. The zero-order chi connectivity index (χ0) is 20.1. The van der Waals surface area contributed by atoms with Crippen LogP contribution in [-0.2, 0) is 11.2 Å². The van der Waals surface area contributed by atoms with Gasteiger partial charge in [0, 0.05) is 18.2 Å². The third-order valence-corrected chi connectivity index (χ3v) is 5.74. The van der Waals surface area contributed by atoms with Crippen molar-refractivity contribution in [1.29, 1.82) is 0 Å². The summed E-state index contributed by atoms with van der Waals surface area (Å²) in [6.07, 6.45) is 2.53. The highest BCUT2D eigenvalue weighted by atomic mass is 32.2. The van der Waals surface area contributed by atoms with Gasteiger partial charge in [0.05, 0.1) is 26.2 Å². The fraction of sp³-hybridized carbons (Fsp3) is 0.238. The topological polar surface area (TPSA) is 48.0 Å². The van der Waals surface area contributed by atoms with Crippen molar-refractivity contribution in [3.05, 3.63) is 58.5 Å². The average molecular weight is 416 g/mol. The molecule has 3 rings (SSSR count). The predicted octanol–water partition coefficient (Wildman–Crippen LogP) is 4.16. The van der Waals surface area contributed by atoms with Crippen molar-refractivity contribution in [2.24, 2.45) is 0 Å². The minimum absolute atomic E-state index is 0.0947. The van der Waals surface area contributed by atoms with E-state index in [0.29, 0.717) is 33.0 Å². The number of carbonyl (C=O) groups is 1. The van der Waals surface area contributed by atoms with Gasteiger partial charge in [-0.25, -0.2) is 0 Å². The van der Waals surface area contributed by atoms with E-state index in [4.69, 9.17) is 26.4 Å². The highest BCUT2D eigenvalue weighted by Gasteiger charge is 2.32. The molecule has 2 aromatic rings. The lowest BCUT2D eigenvalue weighted by atomic mass is 10.1. The van der Waals surface area contributed by atoms with Crippen LogP contribution in [0.4, 0.5) is 0 Å². The van der Waals surface area contributed by atoms with E-state index >= 15 is 0 Å². The number of methoxy groups -OCH3 is 3. The van der Waals surface area contributed by atoms with Crippen LogP contribution in [0.3, 0.4) is 0 Å². The van der Waals surface area contributed by atoms with Crippen LogP contribution in [-0.4, -0.2) is 43.0 Å². The van der Waals surface area contributed by atoms with Crippen molar-refractivity contribution in [1.82, 2.24) is 4.90 Å². The summed E-state index contributed by atoms with van der Waals surface area (Å²) in [6, 6.07) is 13.6. The number of rotatable bonds is 7. The van der Waals surface area contributed by atoms with E-state index in [-0.39, 0.29) is 5.91 Å². The van der Waals surface area contributed by atoms with Crippen LogP contribution in [0.15, 0.2) is 47.4 Å². The van der Waals surface area contributed by atoms with Crippen LogP contribution in [0.25, 0.3) is 6.08 Å². The molecule has 0 atom stereocenters. The molecule has 0 radical (unpaired) electrons. The summed E-state index contributed by atoms with van der Waals surface area (Å²) in [7, 11) is 4.70. The van der Waals surface area contributed by atoms with Crippen molar-refractivity contribution in [3.63, 3.8) is 0 Å². The minimum Gasteiger partial charge on any atom is -0.496 e. The lowest BCUT2D eigenvalue weighted by molar-refractivity contribution is -0.122. The fourth-order valence-corrected chi connectivity index (χ4v) is 4.18. The van der Waals surface area contributed by atoms with Gasteiger partial charge in [0.25, 0.3) is 5.91 Å².